The first kappa shape index (κ1) is 24.3. The number of hydrogen-bond acceptors (Lipinski definition) is 5. The van der Waals surface area contributed by atoms with E-state index in [4.69, 9.17) is 9.47 Å². The van der Waals surface area contributed by atoms with Crippen LogP contribution in [0.3, 0.4) is 0 Å². The van der Waals surface area contributed by atoms with Crippen LogP contribution in [0.1, 0.15) is 20.7 Å². The van der Waals surface area contributed by atoms with Crippen molar-refractivity contribution in [1.29, 1.82) is 0 Å². The van der Waals surface area contributed by atoms with Gasteiger partial charge in [-0.15, -0.1) is 0 Å². The third-order valence-electron chi connectivity index (χ3n) is 6.10. The molecule has 0 bridgehead atoms. The molecular weight excluding hydrogens is 444 g/mol. The van der Waals surface area contributed by atoms with Crippen LogP contribution >= 0.6 is 0 Å². The first-order valence-electron chi connectivity index (χ1n) is 11.5. The third kappa shape index (κ3) is 6.16. The topological polar surface area (TPSA) is 62.3 Å². The lowest BCUT2D eigenvalue weighted by Gasteiger charge is -2.37. The molecule has 2 saturated heterocycles. The van der Waals surface area contributed by atoms with Crippen LogP contribution in [0, 0.1) is 11.6 Å². The number of halogens is 2. The number of carbonyl (C=O) groups excluding carboxylic acids is 2. The van der Waals surface area contributed by atoms with Crippen LogP contribution in [0.4, 0.5) is 8.78 Å². The van der Waals surface area contributed by atoms with Gasteiger partial charge in [0.05, 0.1) is 31.5 Å². The van der Waals surface area contributed by atoms with Crippen LogP contribution in [0.25, 0.3) is 0 Å². The molecule has 0 aromatic heterocycles. The van der Waals surface area contributed by atoms with Crippen molar-refractivity contribution in [2.75, 3.05) is 65.6 Å². The lowest BCUT2D eigenvalue weighted by molar-refractivity contribution is -0.0347. The first-order chi connectivity index (χ1) is 16.5. The molecule has 9 heteroatoms. The smallest absolute Gasteiger partial charge is 0.256 e. The normalized spacial score (nSPS) is 19.1. The Bertz CT molecular complexity index is 1000. The molecule has 0 spiro atoms. The van der Waals surface area contributed by atoms with Crippen LogP contribution < -0.4 is 0 Å². The Morgan fingerprint density at radius 3 is 2.56 bits per heavy atom. The molecule has 1 unspecified atom stereocenters. The molecule has 2 heterocycles. The van der Waals surface area contributed by atoms with E-state index in [1.165, 1.54) is 30.3 Å². The van der Waals surface area contributed by atoms with Crippen LogP contribution in [-0.2, 0) is 9.47 Å². The zero-order valence-corrected chi connectivity index (χ0v) is 19.0. The summed E-state index contributed by atoms with van der Waals surface area (Å²) >= 11 is 0. The summed E-state index contributed by atoms with van der Waals surface area (Å²) in [7, 11) is 0. The summed E-state index contributed by atoms with van der Waals surface area (Å²) < 4.78 is 39.2. The molecule has 0 saturated carbocycles. The van der Waals surface area contributed by atoms with Gasteiger partial charge in [-0.05, 0) is 30.3 Å². The van der Waals surface area contributed by atoms with Gasteiger partial charge >= 0.3 is 0 Å². The van der Waals surface area contributed by atoms with E-state index in [1.54, 1.807) is 28.0 Å². The fourth-order valence-corrected chi connectivity index (χ4v) is 4.23. The Kier molecular flexibility index (Phi) is 8.21. The second-order valence-corrected chi connectivity index (χ2v) is 8.44. The molecule has 0 aliphatic carbocycles. The Balaban J connectivity index is 1.45. The highest BCUT2D eigenvalue weighted by atomic mass is 19.1. The van der Waals surface area contributed by atoms with E-state index in [0.717, 1.165) is 13.1 Å². The number of carbonyl (C=O) groups is 2. The van der Waals surface area contributed by atoms with Gasteiger partial charge in [0.15, 0.2) is 0 Å². The Hall–Kier alpha value is -2.88. The number of hydrogen-bond donors (Lipinski definition) is 0. The Morgan fingerprint density at radius 2 is 1.79 bits per heavy atom. The monoisotopic (exact) mass is 473 g/mol. The van der Waals surface area contributed by atoms with Crippen molar-refractivity contribution in [3.63, 3.8) is 0 Å². The zero-order valence-electron chi connectivity index (χ0n) is 19.0. The Labute approximate surface area is 197 Å². The van der Waals surface area contributed by atoms with Crippen LogP contribution in [0.15, 0.2) is 48.5 Å². The summed E-state index contributed by atoms with van der Waals surface area (Å²) in [6, 6.07) is 11.5. The average Bonchev–Trinajstić information content (AvgIpc) is 2.87. The minimum atomic E-state index is -0.573. The number of ether oxygens (including phenoxy) is 2. The number of rotatable bonds is 7. The number of benzene rings is 2. The summed E-state index contributed by atoms with van der Waals surface area (Å²) in [5, 5.41) is 0. The first-order valence-corrected chi connectivity index (χ1v) is 11.5. The lowest BCUT2D eigenvalue weighted by Crippen LogP contribution is -2.52. The predicted molar refractivity (Wildman–Crippen MR) is 122 cm³/mol. The van der Waals surface area contributed by atoms with Crippen molar-refractivity contribution in [2.45, 2.75) is 6.10 Å². The summed E-state index contributed by atoms with van der Waals surface area (Å²) in [6.45, 7) is 5.01. The largest absolute Gasteiger partial charge is 0.379 e. The van der Waals surface area contributed by atoms with Gasteiger partial charge in [0.2, 0.25) is 0 Å². The maximum Gasteiger partial charge on any atom is 0.256 e. The molecule has 1 atom stereocenters. The summed E-state index contributed by atoms with van der Waals surface area (Å²) in [4.78, 5) is 31.5. The van der Waals surface area contributed by atoms with E-state index in [-0.39, 0.29) is 30.1 Å². The third-order valence-corrected chi connectivity index (χ3v) is 6.10. The van der Waals surface area contributed by atoms with Crippen molar-refractivity contribution >= 4 is 11.8 Å². The van der Waals surface area contributed by atoms with Gasteiger partial charge in [0.1, 0.15) is 11.6 Å². The number of morpholine rings is 2. The summed E-state index contributed by atoms with van der Waals surface area (Å²) in [6.07, 6.45) is -0.438. The zero-order chi connectivity index (χ0) is 23.9. The molecule has 2 amide bonds. The van der Waals surface area contributed by atoms with E-state index in [0.29, 0.717) is 39.5 Å². The van der Waals surface area contributed by atoms with Gasteiger partial charge in [-0.3, -0.25) is 14.5 Å². The highest BCUT2D eigenvalue weighted by Gasteiger charge is 2.29. The van der Waals surface area contributed by atoms with E-state index in [9.17, 15) is 18.4 Å². The molecule has 7 nitrogen and oxygen atoms in total. The number of nitrogens with zero attached hydrogens (tertiary/aromatic N) is 3. The van der Waals surface area contributed by atoms with Crippen molar-refractivity contribution in [3.05, 3.63) is 71.3 Å². The van der Waals surface area contributed by atoms with Gasteiger partial charge in [-0.1, -0.05) is 18.2 Å². The molecule has 0 radical (unpaired) electrons. The van der Waals surface area contributed by atoms with Crippen molar-refractivity contribution in [1.82, 2.24) is 14.7 Å². The van der Waals surface area contributed by atoms with Gasteiger partial charge in [0, 0.05) is 51.4 Å². The molecule has 2 aromatic rings. The molecule has 0 N–H and O–H groups in total. The van der Waals surface area contributed by atoms with E-state index < -0.39 is 23.6 Å². The summed E-state index contributed by atoms with van der Waals surface area (Å²) in [5.74, 6) is -1.74. The molecule has 2 aromatic carbocycles. The van der Waals surface area contributed by atoms with Gasteiger partial charge < -0.3 is 19.3 Å². The number of amides is 2. The standard InChI is InChI=1S/C25H29F2N3O4/c26-20-5-3-4-19(16-20)24(31)30-12-15-34-21(18-30)17-29(9-8-28-10-13-33-14-11-28)25(32)22-6-1-2-7-23(22)27/h1-7,16,21H,8-15,17-18H2. The molecule has 182 valence electrons. The maximum absolute atomic E-state index is 14.4. The maximum atomic E-state index is 14.4. The van der Waals surface area contributed by atoms with E-state index >= 15 is 0 Å². The molecule has 2 aliphatic heterocycles. The lowest BCUT2D eigenvalue weighted by atomic mass is 10.1. The molecular formula is C25H29F2N3O4. The highest BCUT2D eigenvalue weighted by Crippen LogP contribution is 2.16. The van der Waals surface area contributed by atoms with Crippen LogP contribution in [0.2, 0.25) is 0 Å². The summed E-state index contributed by atoms with van der Waals surface area (Å²) in [5.41, 5.74) is 0.278. The minimum Gasteiger partial charge on any atom is -0.379 e. The molecule has 2 fully saturated rings. The SMILES string of the molecule is O=C(c1cccc(F)c1)N1CCOC(CN(CCN2CCOCC2)C(=O)c2ccccc2F)C1. The van der Waals surface area contributed by atoms with Crippen molar-refractivity contribution in [2.24, 2.45) is 0 Å². The van der Waals surface area contributed by atoms with Crippen molar-refractivity contribution < 1.29 is 27.8 Å². The Morgan fingerprint density at radius 1 is 1.00 bits per heavy atom. The van der Waals surface area contributed by atoms with E-state index in [2.05, 4.69) is 4.90 Å². The minimum absolute atomic E-state index is 0.00739. The molecule has 4 rings (SSSR count). The fraction of sp³-hybridized carbons (Fsp3) is 0.440. The predicted octanol–water partition coefficient (Wildman–Crippen LogP) is 2.28. The highest BCUT2D eigenvalue weighted by molar-refractivity contribution is 5.95. The van der Waals surface area contributed by atoms with E-state index in [1.807, 2.05) is 0 Å². The van der Waals surface area contributed by atoms with Gasteiger partial charge in [-0.25, -0.2) is 8.78 Å². The van der Waals surface area contributed by atoms with Crippen molar-refractivity contribution in [3.8, 4) is 0 Å². The second-order valence-electron chi connectivity index (χ2n) is 8.44. The van der Waals surface area contributed by atoms with Gasteiger partial charge in [-0.2, -0.15) is 0 Å². The van der Waals surface area contributed by atoms with Gasteiger partial charge in [0.25, 0.3) is 11.8 Å². The molecule has 2 aliphatic rings. The average molecular weight is 474 g/mol. The van der Waals surface area contributed by atoms with Crippen LogP contribution in [-0.4, -0.2) is 98.3 Å². The van der Waals surface area contributed by atoms with Crippen LogP contribution in [0.5, 0.6) is 0 Å². The quantitative estimate of drug-likeness (QED) is 0.618. The second kappa shape index (κ2) is 11.5. The molecule has 34 heavy (non-hydrogen) atoms. The fourth-order valence-electron chi connectivity index (χ4n) is 4.23.